The smallest absolute Gasteiger partial charge is 0.131 e. The quantitative estimate of drug-likeness (QED) is 0.759. The first kappa shape index (κ1) is 14.6. The summed E-state index contributed by atoms with van der Waals surface area (Å²) in [5, 5.41) is 0.615. The third kappa shape index (κ3) is 3.45. The Morgan fingerprint density at radius 3 is 2.81 bits per heavy atom. The molecule has 1 aromatic carbocycles. The van der Waals surface area contributed by atoms with Gasteiger partial charge in [0, 0.05) is 18.8 Å². The van der Waals surface area contributed by atoms with Crippen LogP contribution >= 0.6 is 11.6 Å². The van der Waals surface area contributed by atoms with Crippen LogP contribution < -0.4 is 0 Å². The van der Waals surface area contributed by atoms with E-state index < -0.39 is 0 Å². The summed E-state index contributed by atoms with van der Waals surface area (Å²) in [7, 11) is 0. The summed E-state index contributed by atoms with van der Waals surface area (Å²) >= 11 is 6.06. The number of aromatic nitrogens is 1. The zero-order chi connectivity index (χ0) is 14.7. The molecule has 1 saturated heterocycles. The Hall–Kier alpha value is -1.38. The molecule has 1 unspecified atom stereocenters. The molecule has 0 saturated carbocycles. The summed E-state index contributed by atoms with van der Waals surface area (Å²) in [5.74, 6) is 0. The van der Waals surface area contributed by atoms with Crippen molar-refractivity contribution in [1.82, 2.24) is 9.88 Å². The van der Waals surface area contributed by atoms with Crippen molar-refractivity contribution in [2.75, 3.05) is 6.54 Å². The zero-order valence-electron chi connectivity index (χ0n) is 12.4. The van der Waals surface area contributed by atoms with E-state index in [0.717, 1.165) is 18.7 Å². The van der Waals surface area contributed by atoms with Crippen molar-refractivity contribution in [3.8, 4) is 0 Å². The Kier molecular flexibility index (Phi) is 4.57. The number of benzene rings is 1. The lowest BCUT2D eigenvalue weighted by Crippen LogP contribution is -2.33. The van der Waals surface area contributed by atoms with Crippen molar-refractivity contribution < 1.29 is 0 Å². The average Bonchev–Trinajstić information content (AvgIpc) is 2.52. The van der Waals surface area contributed by atoms with Gasteiger partial charge in [-0.15, -0.1) is 0 Å². The summed E-state index contributed by atoms with van der Waals surface area (Å²) < 4.78 is 0. The predicted octanol–water partition coefficient (Wildman–Crippen LogP) is 4.77. The van der Waals surface area contributed by atoms with Crippen molar-refractivity contribution >= 4 is 11.6 Å². The summed E-state index contributed by atoms with van der Waals surface area (Å²) in [6.45, 7) is 4.19. The van der Waals surface area contributed by atoms with E-state index in [2.05, 4.69) is 46.3 Å². The fourth-order valence-corrected chi connectivity index (χ4v) is 3.24. The Morgan fingerprint density at radius 2 is 2.05 bits per heavy atom. The molecule has 2 nitrogen and oxygen atoms in total. The van der Waals surface area contributed by atoms with Crippen LogP contribution in [0.3, 0.4) is 0 Å². The monoisotopic (exact) mass is 300 g/mol. The number of rotatable bonds is 3. The van der Waals surface area contributed by atoms with Crippen LogP contribution in [0.25, 0.3) is 0 Å². The second-order valence-electron chi connectivity index (χ2n) is 5.84. The molecule has 21 heavy (non-hydrogen) atoms. The summed E-state index contributed by atoms with van der Waals surface area (Å²) in [6.07, 6.45) is 5.72. The number of hydrogen-bond donors (Lipinski definition) is 0. The Bertz CT molecular complexity index is 597. The van der Waals surface area contributed by atoms with Crippen molar-refractivity contribution in [1.29, 1.82) is 0 Å². The fraction of sp³-hybridized carbons (Fsp3) is 0.389. The van der Waals surface area contributed by atoms with Gasteiger partial charge in [0.15, 0.2) is 0 Å². The summed E-state index contributed by atoms with van der Waals surface area (Å²) in [5.41, 5.74) is 3.75. The topological polar surface area (TPSA) is 16.1 Å². The van der Waals surface area contributed by atoms with Crippen LogP contribution in [-0.2, 0) is 6.54 Å². The van der Waals surface area contributed by atoms with Gasteiger partial charge in [-0.1, -0.05) is 48.4 Å². The molecule has 0 aliphatic carbocycles. The minimum Gasteiger partial charge on any atom is -0.292 e. The van der Waals surface area contributed by atoms with Crippen LogP contribution in [0.4, 0.5) is 0 Å². The van der Waals surface area contributed by atoms with Crippen LogP contribution in [0.15, 0.2) is 42.6 Å². The van der Waals surface area contributed by atoms with E-state index in [0.29, 0.717) is 11.2 Å². The molecule has 0 spiro atoms. The molecule has 2 heterocycles. The summed E-state index contributed by atoms with van der Waals surface area (Å²) in [6, 6.07) is 13.4. The van der Waals surface area contributed by atoms with Gasteiger partial charge in [-0.25, -0.2) is 4.98 Å². The molecule has 0 amide bonds. The molecule has 2 aromatic rings. The second-order valence-corrected chi connectivity index (χ2v) is 6.20. The number of hydrogen-bond acceptors (Lipinski definition) is 2. The maximum atomic E-state index is 6.06. The lowest BCUT2D eigenvalue weighted by atomic mass is 9.95. The average molecular weight is 301 g/mol. The number of likely N-dealkylation sites (tertiary alicyclic amines) is 1. The van der Waals surface area contributed by atoms with Gasteiger partial charge in [0.05, 0.1) is 0 Å². The predicted molar refractivity (Wildman–Crippen MR) is 87.4 cm³/mol. The highest BCUT2D eigenvalue weighted by molar-refractivity contribution is 6.30. The van der Waals surface area contributed by atoms with Crippen LogP contribution in [0.5, 0.6) is 0 Å². The molecule has 110 valence electrons. The number of piperidine rings is 1. The third-order valence-corrected chi connectivity index (χ3v) is 4.66. The van der Waals surface area contributed by atoms with Gasteiger partial charge in [-0.3, -0.25) is 4.90 Å². The Balaban J connectivity index is 1.82. The highest BCUT2D eigenvalue weighted by Crippen LogP contribution is 2.32. The highest BCUT2D eigenvalue weighted by Gasteiger charge is 2.24. The maximum Gasteiger partial charge on any atom is 0.131 e. The van der Waals surface area contributed by atoms with Crippen molar-refractivity contribution in [3.05, 3.63) is 64.4 Å². The van der Waals surface area contributed by atoms with Crippen molar-refractivity contribution in [2.45, 2.75) is 38.8 Å². The molecule has 3 heteroatoms. The molecule has 3 rings (SSSR count). The van der Waals surface area contributed by atoms with E-state index in [-0.39, 0.29) is 0 Å². The third-order valence-electron chi connectivity index (χ3n) is 4.26. The number of nitrogens with zero attached hydrogens (tertiary/aromatic N) is 2. The van der Waals surface area contributed by atoms with E-state index in [1.165, 1.54) is 30.4 Å². The van der Waals surface area contributed by atoms with Crippen LogP contribution in [0.2, 0.25) is 5.15 Å². The minimum absolute atomic E-state index is 0.461. The van der Waals surface area contributed by atoms with Gasteiger partial charge in [-0.05, 0) is 49.1 Å². The van der Waals surface area contributed by atoms with E-state index >= 15 is 0 Å². The molecule has 1 aromatic heterocycles. The van der Waals surface area contributed by atoms with Gasteiger partial charge in [0.1, 0.15) is 5.15 Å². The second kappa shape index (κ2) is 6.59. The van der Waals surface area contributed by atoms with Gasteiger partial charge >= 0.3 is 0 Å². The molecule has 1 atom stereocenters. The minimum atomic E-state index is 0.461. The van der Waals surface area contributed by atoms with Gasteiger partial charge < -0.3 is 0 Å². The van der Waals surface area contributed by atoms with Crippen molar-refractivity contribution in [2.24, 2.45) is 0 Å². The lowest BCUT2D eigenvalue weighted by molar-refractivity contribution is 0.140. The zero-order valence-corrected chi connectivity index (χ0v) is 13.2. The number of pyridine rings is 1. The van der Waals surface area contributed by atoms with Gasteiger partial charge in [0.2, 0.25) is 0 Å². The van der Waals surface area contributed by atoms with E-state index in [1.807, 2.05) is 13.1 Å². The van der Waals surface area contributed by atoms with E-state index in [4.69, 9.17) is 11.6 Å². The summed E-state index contributed by atoms with van der Waals surface area (Å²) in [4.78, 5) is 6.91. The number of aryl methyl sites for hydroxylation is 1. The lowest BCUT2D eigenvalue weighted by Gasteiger charge is -2.36. The normalized spacial score (nSPS) is 19.6. The van der Waals surface area contributed by atoms with Gasteiger partial charge in [0.25, 0.3) is 0 Å². The number of halogens is 1. The molecule has 0 radical (unpaired) electrons. The van der Waals surface area contributed by atoms with E-state index in [9.17, 15) is 0 Å². The Labute approximate surface area is 131 Å². The molecular weight excluding hydrogens is 280 g/mol. The van der Waals surface area contributed by atoms with Crippen LogP contribution in [0.1, 0.15) is 42.0 Å². The first-order chi connectivity index (χ1) is 10.2. The Morgan fingerprint density at radius 1 is 1.24 bits per heavy atom. The molecule has 0 bridgehead atoms. The van der Waals surface area contributed by atoms with Crippen molar-refractivity contribution in [3.63, 3.8) is 0 Å². The molecule has 1 aliphatic heterocycles. The fourth-order valence-electron chi connectivity index (χ4n) is 3.14. The first-order valence-electron chi connectivity index (χ1n) is 7.64. The van der Waals surface area contributed by atoms with Gasteiger partial charge in [-0.2, -0.15) is 0 Å². The SMILES string of the molecule is Cc1cc(C2CCCCN2Cc2ccccc2)cnc1Cl. The largest absolute Gasteiger partial charge is 0.292 e. The van der Waals surface area contributed by atoms with Crippen LogP contribution in [-0.4, -0.2) is 16.4 Å². The maximum absolute atomic E-state index is 6.06. The standard InChI is InChI=1S/C18H21ClN2/c1-14-11-16(12-20-18(14)19)17-9-5-6-10-21(17)13-15-7-3-2-4-8-15/h2-4,7-8,11-12,17H,5-6,9-10,13H2,1H3. The van der Waals surface area contributed by atoms with Crippen LogP contribution in [0, 0.1) is 6.92 Å². The highest BCUT2D eigenvalue weighted by atomic mass is 35.5. The molecular formula is C18H21ClN2. The molecule has 1 fully saturated rings. The van der Waals surface area contributed by atoms with E-state index in [1.54, 1.807) is 0 Å². The first-order valence-corrected chi connectivity index (χ1v) is 8.02. The molecule has 0 N–H and O–H groups in total. The molecule has 1 aliphatic rings.